The Labute approximate surface area is 190 Å². The number of fused-ring (bicyclic) bond motifs is 1. The molecule has 0 bridgehead atoms. The summed E-state index contributed by atoms with van der Waals surface area (Å²) in [5, 5.41) is 5.40. The van der Waals surface area contributed by atoms with E-state index in [1.165, 1.54) is 62.8 Å². The third-order valence-corrected chi connectivity index (χ3v) is 7.52. The van der Waals surface area contributed by atoms with E-state index in [1.807, 2.05) is 30.5 Å². The summed E-state index contributed by atoms with van der Waals surface area (Å²) in [7, 11) is 0. The van der Waals surface area contributed by atoms with Gasteiger partial charge in [0.25, 0.3) is 5.56 Å². The highest BCUT2D eigenvalue weighted by Crippen LogP contribution is 2.33. The zero-order valence-corrected chi connectivity index (χ0v) is 19.4. The van der Waals surface area contributed by atoms with Crippen LogP contribution in [0.25, 0.3) is 10.9 Å². The third-order valence-electron chi connectivity index (χ3n) is 7.52. The van der Waals surface area contributed by atoms with Gasteiger partial charge in [0.05, 0.1) is 17.1 Å². The normalized spacial score (nSPS) is 18.7. The van der Waals surface area contributed by atoms with E-state index in [2.05, 4.69) is 24.5 Å². The van der Waals surface area contributed by atoms with Crippen molar-refractivity contribution in [3.05, 3.63) is 63.5 Å². The first-order valence-corrected chi connectivity index (χ1v) is 12.4. The molecule has 1 aromatic carbocycles. The molecule has 32 heavy (non-hydrogen) atoms. The minimum Gasteiger partial charge on any atom is -0.345 e. The Kier molecular flexibility index (Phi) is 5.99. The molecule has 2 aliphatic carbocycles. The number of rotatable bonds is 4. The summed E-state index contributed by atoms with van der Waals surface area (Å²) in [6, 6.07) is 10.5. The predicted molar refractivity (Wildman–Crippen MR) is 131 cm³/mol. The molecule has 5 rings (SSSR count). The maximum Gasteiger partial charge on any atom is 0.282 e. The van der Waals surface area contributed by atoms with E-state index in [-0.39, 0.29) is 5.56 Å². The van der Waals surface area contributed by atoms with Crippen LogP contribution in [-0.2, 0) is 0 Å². The molecule has 0 radical (unpaired) electrons. The minimum absolute atomic E-state index is 0.0616. The molecular weight excluding hydrogens is 396 g/mol. The summed E-state index contributed by atoms with van der Waals surface area (Å²) >= 11 is 0. The summed E-state index contributed by atoms with van der Waals surface area (Å²) in [5.74, 6) is 1.12. The molecular formula is C27H34N4O. The van der Waals surface area contributed by atoms with E-state index >= 15 is 0 Å². The number of hydrogen-bond acceptors (Lipinski definition) is 3. The van der Waals surface area contributed by atoms with E-state index in [9.17, 15) is 4.79 Å². The Morgan fingerprint density at radius 1 is 0.969 bits per heavy atom. The Morgan fingerprint density at radius 3 is 2.41 bits per heavy atom. The van der Waals surface area contributed by atoms with Crippen LogP contribution in [0.4, 0.5) is 0 Å². The van der Waals surface area contributed by atoms with Gasteiger partial charge < -0.3 is 4.57 Å². The first kappa shape index (κ1) is 21.2. The van der Waals surface area contributed by atoms with Crippen LogP contribution in [0.2, 0.25) is 0 Å². The van der Waals surface area contributed by atoms with Crippen LogP contribution in [0, 0.1) is 13.8 Å². The molecule has 0 amide bonds. The zero-order chi connectivity index (χ0) is 22.1. The molecule has 3 aromatic rings. The first-order chi connectivity index (χ1) is 15.6. The van der Waals surface area contributed by atoms with E-state index < -0.39 is 0 Å². The quantitative estimate of drug-likeness (QED) is 0.459. The summed E-state index contributed by atoms with van der Waals surface area (Å²) in [6.45, 7) is 4.38. The third kappa shape index (κ3) is 3.94. The number of nitrogens with zero attached hydrogens (tertiary/aromatic N) is 4. The second-order valence-electron chi connectivity index (χ2n) is 9.67. The van der Waals surface area contributed by atoms with Gasteiger partial charge in [-0.05, 0) is 57.7 Å². The molecule has 2 heterocycles. The lowest BCUT2D eigenvalue weighted by molar-refractivity contribution is 0.346. The van der Waals surface area contributed by atoms with Gasteiger partial charge in [0.15, 0.2) is 0 Å². The lowest BCUT2D eigenvalue weighted by Gasteiger charge is -2.26. The van der Waals surface area contributed by atoms with Crippen LogP contribution >= 0.6 is 0 Å². The minimum atomic E-state index is -0.0616. The van der Waals surface area contributed by atoms with Crippen LogP contribution in [0.15, 0.2) is 40.2 Å². The second-order valence-corrected chi connectivity index (χ2v) is 9.67. The molecule has 0 spiro atoms. The Morgan fingerprint density at radius 2 is 1.66 bits per heavy atom. The highest BCUT2D eigenvalue weighted by atomic mass is 16.1. The molecule has 2 aromatic heterocycles. The van der Waals surface area contributed by atoms with Gasteiger partial charge in [-0.3, -0.25) is 4.79 Å². The number of aryl methyl sites for hydroxylation is 1. The van der Waals surface area contributed by atoms with Crippen molar-refractivity contribution < 1.29 is 0 Å². The lowest BCUT2D eigenvalue weighted by Crippen LogP contribution is -2.25. The molecule has 2 aliphatic rings. The fraction of sp³-hybridized carbons (Fsp3) is 0.519. The van der Waals surface area contributed by atoms with Crippen LogP contribution in [0.3, 0.4) is 0 Å². The van der Waals surface area contributed by atoms with Gasteiger partial charge in [-0.15, -0.1) is 0 Å². The SMILES string of the molecule is Cc1cc(C=Nn2c(C3CCCCC3)nc3ccccc3c2=O)c(C)n1C1CCCCC1. The molecule has 5 nitrogen and oxygen atoms in total. The largest absolute Gasteiger partial charge is 0.345 e. The summed E-state index contributed by atoms with van der Waals surface area (Å²) < 4.78 is 4.08. The fourth-order valence-corrected chi connectivity index (χ4v) is 5.83. The summed E-state index contributed by atoms with van der Waals surface area (Å²) in [6.07, 6.45) is 14.2. The van der Waals surface area contributed by atoms with E-state index in [1.54, 1.807) is 4.68 Å². The molecule has 0 atom stereocenters. The van der Waals surface area contributed by atoms with Crippen LogP contribution in [0.1, 0.15) is 98.9 Å². The van der Waals surface area contributed by atoms with Gasteiger partial charge in [-0.1, -0.05) is 50.7 Å². The van der Waals surface area contributed by atoms with Crippen molar-refractivity contribution in [2.24, 2.45) is 5.10 Å². The molecule has 5 heteroatoms. The van der Waals surface area contributed by atoms with Crippen LogP contribution in [-0.4, -0.2) is 20.4 Å². The van der Waals surface area contributed by atoms with E-state index in [0.717, 1.165) is 29.7 Å². The van der Waals surface area contributed by atoms with Gasteiger partial charge in [-0.25, -0.2) is 4.98 Å². The monoisotopic (exact) mass is 430 g/mol. The lowest BCUT2D eigenvalue weighted by atomic mass is 9.88. The van der Waals surface area contributed by atoms with Crippen molar-refractivity contribution in [2.75, 3.05) is 0 Å². The maximum absolute atomic E-state index is 13.4. The average Bonchev–Trinajstić information content (AvgIpc) is 3.12. The van der Waals surface area contributed by atoms with Gasteiger partial charge in [0, 0.05) is 28.9 Å². The van der Waals surface area contributed by atoms with Crippen molar-refractivity contribution in [3.63, 3.8) is 0 Å². The highest BCUT2D eigenvalue weighted by Gasteiger charge is 2.23. The van der Waals surface area contributed by atoms with Crippen molar-refractivity contribution in [1.29, 1.82) is 0 Å². The topological polar surface area (TPSA) is 52.2 Å². The molecule has 0 aliphatic heterocycles. The number of hydrogen-bond donors (Lipinski definition) is 0. The number of aromatic nitrogens is 3. The van der Waals surface area contributed by atoms with Crippen LogP contribution in [0.5, 0.6) is 0 Å². The van der Waals surface area contributed by atoms with E-state index in [0.29, 0.717) is 17.3 Å². The fourth-order valence-electron chi connectivity index (χ4n) is 5.83. The molecule has 168 valence electrons. The summed E-state index contributed by atoms with van der Waals surface area (Å²) in [5.41, 5.74) is 4.35. The molecule has 0 N–H and O–H groups in total. The van der Waals surface area contributed by atoms with Crippen molar-refractivity contribution in [3.8, 4) is 0 Å². The van der Waals surface area contributed by atoms with Gasteiger partial charge in [0.1, 0.15) is 5.82 Å². The predicted octanol–water partition coefficient (Wildman–Crippen LogP) is 6.25. The highest BCUT2D eigenvalue weighted by molar-refractivity contribution is 5.82. The maximum atomic E-state index is 13.4. The Balaban J connectivity index is 1.56. The Hall–Kier alpha value is -2.69. The van der Waals surface area contributed by atoms with Crippen molar-refractivity contribution in [1.82, 2.24) is 14.2 Å². The smallest absolute Gasteiger partial charge is 0.282 e. The molecule has 0 unspecified atom stereocenters. The molecule has 0 saturated heterocycles. The van der Waals surface area contributed by atoms with Crippen LogP contribution < -0.4 is 5.56 Å². The van der Waals surface area contributed by atoms with Crippen molar-refractivity contribution in [2.45, 2.75) is 90.0 Å². The van der Waals surface area contributed by atoms with Gasteiger partial charge in [-0.2, -0.15) is 9.78 Å². The molecule has 2 fully saturated rings. The second kappa shape index (κ2) is 9.05. The Bertz CT molecular complexity index is 1190. The van der Waals surface area contributed by atoms with Gasteiger partial charge >= 0.3 is 0 Å². The van der Waals surface area contributed by atoms with E-state index in [4.69, 9.17) is 10.1 Å². The number of benzene rings is 1. The molecule has 2 saturated carbocycles. The summed E-state index contributed by atoms with van der Waals surface area (Å²) in [4.78, 5) is 18.4. The average molecular weight is 431 g/mol. The number of para-hydroxylation sites is 1. The zero-order valence-electron chi connectivity index (χ0n) is 19.4. The van der Waals surface area contributed by atoms with Crippen molar-refractivity contribution >= 4 is 17.1 Å². The van der Waals surface area contributed by atoms with Gasteiger partial charge in [0.2, 0.25) is 0 Å². The first-order valence-electron chi connectivity index (χ1n) is 12.4. The standard InChI is InChI=1S/C27H34N4O/c1-19-17-22(20(2)30(19)23-13-7-4-8-14-23)18-28-31-26(21-11-5-3-6-12-21)29-25-16-10-9-15-24(25)27(31)32/h9-10,15-18,21,23H,3-8,11-14H2,1-2H3.